The Labute approximate surface area is 204 Å². The molecule has 0 bridgehead atoms. The highest BCUT2D eigenvalue weighted by atomic mass is 32.2. The normalized spacial score (nSPS) is 13.4. The Hall–Kier alpha value is -3.20. The summed E-state index contributed by atoms with van der Waals surface area (Å²) < 4.78 is 16.5. The molecule has 2 heterocycles. The van der Waals surface area contributed by atoms with E-state index in [4.69, 9.17) is 19.9 Å². The molecule has 1 aliphatic heterocycles. The van der Waals surface area contributed by atoms with Gasteiger partial charge in [0.25, 0.3) is 5.91 Å². The number of nitrogens with two attached hydrogens (primary N) is 1. The minimum absolute atomic E-state index is 0.0259. The van der Waals surface area contributed by atoms with E-state index in [9.17, 15) is 9.59 Å². The molecule has 2 aromatic rings. The number of hydrogen-bond donors (Lipinski definition) is 1. The van der Waals surface area contributed by atoms with Gasteiger partial charge in [0.05, 0.1) is 38.2 Å². The molecule has 9 heteroatoms. The maximum Gasteiger partial charge on any atom is 0.251 e. The van der Waals surface area contributed by atoms with Crippen LogP contribution in [-0.2, 0) is 4.79 Å². The summed E-state index contributed by atoms with van der Waals surface area (Å²) in [5, 5.41) is 0.502. The number of hydrogen-bond acceptors (Lipinski definition) is 7. The van der Waals surface area contributed by atoms with E-state index in [2.05, 4.69) is 4.98 Å². The van der Waals surface area contributed by atoms with Crippen LogP contribution in [0.3, 0.4) is 0 Å². The molecular formula is C25H31N3O5S. The first kappa shape index (κ1) is 25.4. The number of benzene rings is 1. The van der Waals surface area contributed by atoms with Crippen LogP contribution in [0, 0.1) is 20.8 Å². The predicted molar refractivity (Wildman–Crippen MR) is 133 cm³/mol. The van der Waals surface area contributed by atoms with Crippen molar-refractivity contribution < 1.29 is 23.8 Å². The predicted octanol–water partition coefficient (Wildman–Crippen LogP) is 3.54. The molecule has 0 unspecified atom stereocenters. The van der Waals surface area contributed by atoms with Crippen LogP contribution in [0.2, 0.25) is 0 Å². The molecule has 1 aromatic heterocycles. The number of thioether (sulfide) groups is 1. The molecule has 0 saturated carbocycles. The molecule has 182 valence electrons. The van der Waals surface area contributed by atoms with Gasteiger partial charge < -0.3 is 24.8 Å². The molecule has 1 aliphatic rings. The zero-order valence-electron chi connectivity index (χ0n) is 20.5. The summed E-state index contributed by atoms with van der Waals surface area (Å²) in [7, 11) is 4.81. The summed E-state index contributed by atoms with van der Waals surface area (Å²) in [6.07, 6.45) is 2.68. The summed E-state index contributed by atoms with van der Waals surface area (Å²) in [5.41, 5.74) is 10.5. The smallest absolute Gasteiger partial charge is 0.251 e. The quantitative estimate of drug-likeness (QED) is 0.570. The number of amides is 2. The van der Waals surface area contributed by atoms with Gasteiger partial charge in [0, 0.05) is 30.9 Å². The lowest BCUT2D eigenvalue weighted by molar-refractivity contribution is -0.127. The minimum atomic E-state index is -0.531. The van der Waals surface area contributed by atoms with Gasteiger partial charge in [-0.05, 0) is 43.9 Å². The maximum atomic E-state index is 12.9. The van der Waals surface area contributed by atoms with Crippen molar-refractivity contribution in [2.24, 2.45) is 5.73 Å². The van der Waals surface area contributed by atoms with E-state index in [1.54, 1.807) is 26.2 Å². The number of ether oxygens (including phenoxy) is 3. The summed E-state index contributed by atoms with van der Waals surface area (Å²) >= 11 is 1.25. The van der Waals surface area contributed by atoms with Crippen LogP contribution in [0.25, 0.3) is 5.57 Å². The lowest BCUT2D eigenvalue weighted by Gasteiger charge is -2.28. The first-order valence-corrected chi connectivity index (χ1v) is 11.9. The van der Waals surface area contributed by atoms with Crippen LogP contribution in [0.4, 0.5) is 0 Å². The van der Waals surface area contributed by atoms with Crippen LogP contribution in [0.1, 0.15) is 39.2 Å². The third-order valence-corrected chi connectivity index (χ3v) is 7.10. The Bertz CT molecular complexity index is 1120. The lowest BCUT2D eigenvalue weighted by Crippen LogP contribution is -2.36. The second kappa shape index (κ2) is 10.8. The molecule has 0 atom stereocenters. The van der Waals surface area contributed by atoms with Crippen molar-refractivity contribution in [2.45, 2.75) is 32.2 Å². The Morgan fingerprint density at radius 1 is 1.06 bits per heavy atom. The third kappa shape index (κ3) is 5.14. The average molecular weight is 486 g/mol. The van der Waals surface area contributed by atoms with Crippen molar-refractivity contribution in [1.82, 2.24) is 9.88 Å². The molecule has 0 radical (unpaired) electrons. The Kier molecular flexibility index (Phi) is 8.09. The second-order valence-electron chi connectivity index (χ2n) is 8.01. The highest BCUT2D eigenvalue weighted by molar-refractivity contribution is 8.00. The first-order chi connectivity index (χ1) is 16.2. The summed E-state index contributed by atoms with van der Waals surface area (Å²) in [5.74, 6) is 1.58. The summed E-state index contributed by atoms with van der Waals surface area (Å²) in [6, 6.07) is 3.64. The zero-order valence-corrected chi connectivity index (χ0v) is 21.3. The van der Waals surface area contributed by atoms with E-state index in [0.717, 1.165) is 28.0 Å². The maximum absolute atomic E-state index is 12.9. The van der Waals surface area contributed by atoms with E-state index in [1.807, 2.05) is 39.0 Å². The van der Waals surface area contributed by atoms with Crippen molar-refractivity contribution >= 4 is 29.1 Å². The molecule has 0 spiro atoms. The Balaban J connectivity index is 1.75. The third-order valence-electron chi connectivity index (χ3n) is 6.14. The second-order valence-corrected chi connectivity index (χ2v) is 8.97. The standard InChI is InChI=1S/C25H31N3O5S/c1-14-15(2)22(24(26)30)25(27-16(14)3)34-13-21(29)28-9-7-17(8-10-28)23-19(32-5)11-18(31-4)12-20(23)33-6/h7,11-12H,8-10,13H2,1-6H3,(H2,26,30). The number of pyridine rings is 1. The number of methoxy groups -OCH3 is 3. The SMILES string of the molecule is COc1cc(OC)c(C2=CCN(C(=O)CSc3nc(C)c(C)c(C)c3C(N)=O)CC2)c(OC)c1. The largest absolute Gasteiger partial charge is 0.496 e. The van der Waals surface area contributed by atoms with Gasteiger partial charge in [-0.15, -0.1) is 0 Å². The van der Waals surface area contributed by atoms with E-state index in [-0.39, 0.29) is 11.7 Å². The van der Waals surface area contributed by atoms with Crippen molar-refractivity contribution in [1.29, 1.82) is 0 Å². The van der Waals surface area contributed by atoms with E-state index in [0.29, 0.717) is 47.3 Å². The topological polar surface area (TPSA) is 104 Å². The number of rotatable bonds is 8. The zero-order chi connectivity index (χ0) is 25.0. The molecule has 3 rings (SSSR count). The van der Waals surface area contributed by atoms with Crippen LogP contribution in [0.5, 0.6) is 17.2 Å². The number of nitrogens with zero attached hydrogens (tertiary/aromatic N) is 2. The van der Waals surface area contributed by atoms with Crippen molar-refractivity contribution in [3.63, 3.8) is 0 Å². The van der Waals surface area contributed by atoms with Gasteiger partial charge in [-0.3, -0.25) is 9.59 Å². The van der Waals surface area contributed by atoms with Crippen LogP contribution >= 0.6 is 11.8 Å². The number of aryl methyl sites for hydroxylation is 1. The molecule has 0 aliphatic carbocycles. The van der Waals surface area contributed by atoms with Gasteiger partial charge in [0.15, 0.2) is 0 Å². The molecular weight excluding hydrogens is 454 g/mol. The average Bonchev–Trinajstić information content (AvgIpc) is 2.84. The van der Waals surface area contributed by atoms with Crippen LogP contribution in [-0.4, -0.2) is 61.9 Å². The molecule has 2 N–H and O–H groups in total. The number of aromatic nitrogens is 1. The van der Waals surface area contributed by atoms with Gasteiger partial charge in [-0.1, -0.05) is 17.8 Å². The van der Waals surface area contributed by atoms with Gasteiger partial charge in [-0.25, -0.2) is 4.98 Å². The fourth-order valence-corrected chi connectivity index (χ4v) is 5.01. The monoisotopic (exact) mass is 485 g/mol. The van der Waals surface area contributed by atoms with E-state index < -0.39 is 5.91 Å². The number of carbonyl (C=O) groups excluding carboxylic acids is 2. The van der Waals surface area contributed by atoms with E-state index >= 15 is 0 Å². The number of carbonyl (C=O) groups is 2. The molecule has 0 fully saturated rings. The summed E-state index contributed by atoms with van der Waals surface area (Å²) in [6.45, 7) is 6.68. The van der Waals surface area contributed by atoms with Crippen molar-refractivity contribution in [2.75, 3.05) is 40.2 Å². The number of primary amides is 1. The first-order valence-electron chi connectivity index (χ1n) is 10.9. The minimum Gasteiger partial charge on any atom is -0.496 e. The van der Waals surface area contributed by atoms with Crippen molar-refractivity contribution in [3.05, 3.63) is 46.2 Å². The fraction of sp³-hybridized carbons (Fsp3) is 0.400. The van der Waals surface area contributed by atoms with E-state index in [1.165, 1.54) is 11.8 Å². The van der Waals surface area contributed by atoms with Gasteiger partial charge in [-0.2, -0.15) is 0 Å². The lowest BCUT2D eigenvalue weighted by atomic mass is 9.97. The molecule has 8 nitrogen and oxygen atoms in total. The molecule has 0 saturated heterocycles. The Morgan fingerprint density at radius 3 is 2.21 bits per heavy atom. The molecule has 1 aromatic carbocycles. The highest BCUT2D eigenvalue weighted by Crippen LogP contribution is 2.41. The van der Waals surface area contributed by atoms with Gasteiger partial charge >= 0.3 is 0 Å². The van der Waals surface area contributed by atoms with Crippen molar-refractivity contribution in [3.8, 4) is 17.2 Å². The highest BCUT2D eigenvalue weighted by Gasteiger charge is 2.24. The fourth-order valence-electron chi connectivity index (χ4n) is 3.97. The summed E-state index contributed by atoms with van der Waals surface area (Å²) in [4.78, 5) is 31.2. The molecule has 2 amide bonds. The van der Waals surface area contributed by atoms with Gasteiger partial charge in [0.1, 0.15) is 22.3 Å². The van der Waals surface area contributed by atoms with Gasteiger partial charge in [0.2, 0.25) is 5.91 Å². The van der Waals surface area contributed by atoms with Crippen LogP contribution in [0.15, 0.2) is 23.2 Å². The molecule has 34 heavy (non-hydrogen) atoms. The Morgan fingerprint density at radius 2 is 1.71 bits per heavy atom. The van der Waals surface area contributed by atoms with Crippen LogP contribution < -0.4 is 19.9 Å².